The number of carbonyl (C=O) groups is 1. The summed E-state index contributed by atoms with van der Waals surface area (Å²) in [6, 6.07) is 0.319. The van der Waals surface area contributed by atoms with Crippen LogP contribution in [-0.4, -0.2) is 39.0 Å². The van der Waals surface area contributed by atoms with E-state index in [2.05, 4.69) is 25.9 Å². The molecule has 1 fully saturated rings. The van der Waals surface area contributed by atoms with E-state index in [-0.39, 0.29) is 30.7 Å². The highest BCUT2D eigenvalue weighted by molar-refractivity contribution is 7.11. The fraction of sp³-hybridized carbons (Fsp3) is 0.600. The molecule has 1 amide bonds. The number of nitrogens with zero attached hydrogens (tertiary/aromatic N) is 4. The summed E-state index contributed by atoms with van der Waals surface area (Å²) in [5.74, 6) is -0.219. The summed E-state index contributed by atoms with van der Waals surface area (Å²) < 4.78 is 1.82. The van der Waals surface area contributed by atoms with Gasteiger partial charge in [-0.3, -0.25) is 4.79 Å². The third kappa shape index (κ3) is 5.13. The first kappa shape index (κ1) is 21.8. The van der Waals surface area contributed by atoms with E-state index in [0.29, 0.717) is 11.7 Å². The zero-order valence-corrected chi connectivity index (χ0v) is 16.9. The van der Waals surface area contributed by atoms with Gasteiger partial charge < -0.3 is 10.6 Å². The lowest BCUT2D eigenvalue weighted by Gasteiger charge is -2.23. The quantitative estimate of drug-likeness (QED) is 0.814. The number of carbonyl (C=O) groups excluding carboxylic acids is 1. The summed E-state index contributed by atoms with van der Waals surface area (Å²) in [7, 11) is 0. The highest BCUT2D eigenvalue weighted by Gasteiger charge is 2.28. The van der Waals surface area contributed by atoms with E-state index in [1.54, 1.807) is 17.5 Å². The number of rotatable bonds is 4. The van der Waals surface area contributed by atoms with Gasteiger partial charge in [0, 0.05) is 11.1 Å². The van der Waals surface area contributed by atoms with Gasteiger partial charge in [-0.15, -0.1) is 41.2 Å². The van der Waals surface area contributed by atoms with Gasteiger partial charge in [0.1, 0.15) is 5.01 Å². The van der Waals surface area contributed by atoms with Crippen LogP contribution < -0.4 is 10.6 Å². The molecule has 0 saturated carbocycles. The summed E-state index contributed by atoms with van der Waals surface area (Å²) >= 11 is 1.59. The van der Waals surface area contributed by atoms with E-state index in [1.807, 2.05) is 31.6 Å². The molecule has 140 valence electrons. The molecule has 10 heteroatoms. The second-order valence-corrected chi connectivity index (χ2v) is 7.65. The van der Waals surface area contributed by atoms with E-state index in [1.165, 1.54) is 0 Å². The maximum absolute atomic E-state index is 12.5. The van der Waals surface area contributed by atoms with Crippen molar-refractivity contribution >= 4 is 42.1 Å². The Balaban J connectivity index is 0.00000156. The van der Waals surface area contributed by atoms with Crippen molar-refractivity contribution in [1.82, 2.24) is 30.6 Å². The molecule has 2 N–H and O–H groups in total. The lowest BCUT2D eigenvalue weighted by atomic mass is 10.1. The normalized spacial score (nSPS) is 15.2. The Bertz CT molecular complexity index is 696. The van der Waals surface area contributed by atoms with Crippen molar-refractivity contribution in [1.29, 1.82) is 0 Å². The lowest BCUT2D eigenvalue weighted by molar-refractivity contribution is 0.0906. The SMILES string of the molecule is Cc1cnc(C(C)(C)NC(=O)c2cn(C3CCNCC3)nn2)s1.Cl.Cl. The molecule has 1 aliphatic heterocycles. The zero-order chi connectivity index (χ0) is 16.4. The first-order chi connectivity index (χ1) is 11.0. The molecule has 7 nitrogen and oxygen atoms in total. The third-order valence-corrected chi connectivity index (χ3v) is 5.24. The van der Waals surface area contributed by atoms with E-state index in [4.69, 9.17) is 0 Å². The molecule has 1 aliphatic rings. The van der Waals surface area contributed by atoms with Gasteiger partial charge in [0.15, 0.2) is 5.69 Å². The minimum Gasteiger partial charge on any atom is -0.339 e. The highest BCUT2D eigenvalue weighted by atomic mass is 35.5. The molecular formula is C15H24Cl2N6OS. The predicted molar refractivity (Wildman–Crippen MR) is 103 cm³/mol. The van der Waals surface area contributed by atoms with E-state index in [0.717, 1.165) is 35.8 Å². The third-order valence-electron chi connectivity index (χ3n) is 4.01. The Morgan fingerprint density at radius 2 is 2.04 bits per heavy atom. The van der Waals surface area contributed by atoms with Crippen molar-refractivity contribution < 1.29 is 4.79 Å². The average molecular weight is 407 g/mol. The van der Waals surface area contributed by atoms with E-state index < -0.39 is 5.54 Å². The Morgan fingerprint density at radius 3 is 2.64 bits per heavy atom. The smallest absolute Gasteiger partial charge is 0.274 e. The summed E-state index contributed by atoms with van der Waals surface area (Å²) in [6.45, 7) is 7.84. The zero-order valence-electron chi connectivity index (χ0n) is 14.5. The first-order valence-electron chi connectivity index (χ1n) is 7.84. The number of aryl methyl sites for hydroxylation is 1. The number of piperidine rings is 1. The number of nitrogens with one attached hydrogen (secondary N) is 2. The van der Waals surface area contributed by atoms with Gasteiger partial charge in [-0.1, -0.05) is 5.21 Å². The highest BCUT2D eigenvalue weighted by Crippen LogP contribution is 2.25. The summed E-state index contributed by atoms with van der Waals surface area (Å²) in [6.07, 6.45) is 5.58. The molecule has 0 aromatic carbocycles. The van der Waals surface area contributed by atoms with Crippen LogP contribution in [0.2, 0.25) is 0 Å². The van der Waals surface area contributed by atoms with Crippen molar-refractivity contribution in [2.75, 3.05) is 13.1 Å². The molecule has 0 atom stereocenters. The van der Waals surface area contributed by atoms with Crippen LogP contribution in [0.4, 0.5) is 0 Å². The Hall–Kier alpha value is -1.22. The molecule has 3 rings (SSSR count). The van der Waals surface area contributed by atoms with Crippen LogP contribution in [0.25, 0.3) is 0 Å². The molecular weight excluding hydrogens is 383 g/mol. The fourth-order valence-corrected chi connectivity index (χ4v) is 3.50. The standard InChI is InChI=1S/C15H22N6OS.2ClH/c1-10-8-17-14(23-10)15(2,3)18-13(22)12-9-21(20-19-12)11-4-6-16-7-5-11;;/h8-9,11,16H,4-7H2,1-3H3,(H,18,22);2*1H. The van der Waals surface area contributed by atoms with Crippen LogP contribution in [-0.2, 0) is 5.54 Å². The van der Waals surface area contributed by atoms with Gasteiger partial charge >= 0.3 is 0 Å². The first-order valence-corrected chi connectivity index (χ1v) is 8.65. The molecule has 25 heavy (non-hydrogen) atoms. The van der Waals surface area contributed by atoms with Crippen molar-refractivity contribution in [2.24, 2.45) is 0 Å². The van der Waals surface area contributed by atoms with Gasteiger partial charge in [-0.2, -0.15) is 0 Å². The number of hydrogen-bond acceptors (Lipinski definition) is 6. The van der Waals surface area contributed by atoms with Gasteiger partial charge in [0.25, 0.3) is 5.91 Å². The van der Waals surface area contributed by atoms with Crippen LogP contribution >= 0.6 is 36.2 Å². The van der Waals surface area contributed by atoms with Crippen molar-refractivity contribution in [3.63, 3.8) is 0 Å². The molecule has 0 aliphatic carbocycles. The molecule has 3 heterocycles. The van der Waals surface area contributed by atoms with Crippen LogP contribution in [0.15, 0.2) is 12.4 Å². The van der Waals surface area contributed by atoms with Gasteiger partial charge in [-0.05, 0) is 46.7 Å². The Kier molecular flexibility index (Phi) is 7.80. The molecule has 0 unspecified atom stereocenters. The number of amides is 1. The molecule has 2 aromatic rings. The lowest BCUT2D eigenvalue weighted by Crippen LogP contribution is -2.41. The monoisotopic (exact) mass is 406 g/mol. The summed E-state index contributed by atoms with van der Waals surface area (Å²) in [5, 5.41) is 15.4. The summed E-state index contributed by atoms with van der Waals surface area (Å²) in [4.78, 5) is 18.0. The molecule has 0 spiro atoms. The van der Waals surface area contributed by atoms with Crippen LogP contribution in [0.1, 0.15) is 53.1 Å². The van der Waals surface area contributed by atoms with Gasteiger partial charge in [0.2, 0.25) is 0 Å². The number of halogens is 2. The van der Waals surface area contributed by atoms with Gasteiger partial charge in [0.05, 0.1) is 17.8 Å². The fourth-order valence-electron chi connectivity index (χ4n) is 2.68. The van der Waals surface area contributed by atoms with Gasteiger partial charge in [-0.25, -0.2) is 9.67 Å². The van der Waals surface area contributed by atoms with Crippen molar-refractivity contribution in [3.8, 4) is 0 Å². The molecule has 1 saturated heterocycles. The Morgan fingerprint density at radius 1 is 1.36 bits per heavy atom. The maximum Gasteiger partial charge on any atom is 0.274 e. The Labute approximate surface area is 163 Å². The second kappa shape index (κ2) is 8.93. The second-order valence-electron chi connectivity index (χ2n) is 6.42. The topological polar surface area (TPSA) is 84.7 Å². The van der Waals surface area contributed by atoms with Crippen LogP contribution in [0, 0.1) is 6.92 Å². The summed E-state index contributed by atoms with van der Waals surface area (Å²) in [5.41, 5.74) is -0.181. The molecule has 0 radical (unpaired) electrons. The van der Waals surface area contributed by atoms with Crippen LogP contribution in [0.5, 0.6) is 0 Å². The molecule has 0 bridgehead atoms. The average Bonchev–Trinajstić information content (AvgIpc) is 3.17. The minimum atomic E-state index is -0.533. The maximum atomic E-state index is 12.5. The number of hydrogen-bond donors (Lipinski definition) is 2. The van der Waals surface area contributed by atoms with E-state index >= 15 is 0 Å². The van der Waals surface area contributed by atoms with E-state index in [9.17, 15) is 4.79 Å². The van der Waals surface area contributed by atoms with Crippen molar-refractivity contribution in [3.05, 3.63) is 28.0 Å². The number of aromatic nitrogens is 4. The predicted octanol–water partition coefficient (Wildman–Crippen LogP) is 2.48. The minimum absolute atomic E-state index is 0. The molecule has 2 aromatic heterocycles. The largest absolute Gasteiger partial charge is 0.339 e. The van der Waals surface area contributed by atoms with Crippen molar-refractivity contribution in [2.45, 2.75) is 45.2 Å². The van der Waals surface area contributed by atoms with Crippen LogP contribution in [0.3, 0.4) is 0 Å². The number of thiazole rings is 1.